The SMILES string of the molecule is CCCCNC(=S)NNC(=S)N[C@@H]1CCCC[C@H]1C. The molecular weight excluding hydrogens is 276 g/mol. The van der Waals surface area contributed by atoms with Crippen LogP contribution in [0.15, 0.2) is 0 Å². The molecule has 1 rings (SSSR count). The van der Waals surface area contributed by atoms with Crippen LogP contribution in [0.5, 0.6) is 0 Å². The maximum atomic E-state index is 5.27. The maximum Gasteiger partial charge on any atom is 0.185 e. The van der Waals surface area contributed by atoms with Crippen LogP contribution in [0.1, 0.15) is 52.4 Å². The Balaban J connectivity index is 2.14. The van der Waals surface area contributed by atoms with Gasteiger partial charge in [0.25, 0.3) is 0 Å². The van der Waals surface area contributed by atoms with Crippen LogP contribution in [-0.4, -0.2) is 22.8 Å². The molecule has 1 aliphatic carbocycles. The molecule has 0 aromatic heterocycles. The summed E-state index contributed by atoms with van der Waals surface area (Å²) in [6, 6.07) is 0.483. The fourth-order valence-electron chi connectivity index (χ4n) is 2.27. The van der Waals surface area contributed by atoms with Gasteiger partial charge in [0.1, 0.15) is 0 Å². The van der Waals surface area contributed by atoms with E-state index in [2.05, 4.69) is 35.3 Å². The second-order valence-electron chi connectivity index (χ2n) is 5.20. The molecule has 1 fully saturated rings. The van der Waals surface area contributed by atoms with Crippen LogP contribution < -0.4 is 21.5 Å². The minimum absolute atomic E-state index is 0.483. The first-order valence-electron chi connectivity index (χ1n) is 7.23. The largest absolute Gasteiger partial charge is 0.361 e. The molecule has 2 atom stereocenters. The van der Waals surface area contributed by atoms with Crippen LogP contribution in [0.3, 0.4) is 0 Å². The Morgan fingerprint density at radius 1 is 1.11 bits per heavy atom. The average molecular weight is 303 g/mol. The Kier molecular flexibility index (Phi) is 8.05. The molecular formula is C13H26N4S2. The minimum Gasteiger partial charge on any atom is -0.361 e. The molecule has 0 heterocycles. The topological polar surface area (TPSA) is 48.1 Å². The van der Waals surface area contributed by atoms with Crippen LogP contribution in [0.4, 0.5) is 0 Å². The van der Waals surface area contributed by atoms with E-state index in [1.54, 1.807) is 0 Å². The summed E-state index contributed by atoms with van der Waals surface area (Å²) in [5.41, 5.74) is 5.86. The fraction of sp³-hybridized carbons (Fsp3) is 0.846. The molecule has 19 heavy (non-hydrogen) atoms. The van der Waals surface area contributed by atoms with Crippen molar-refractivity contribution in [1.82, 2.24) is 21.5 Å². The lowest BCUT2D eigenvalue weighted by Crippen LogP contribution is -2.53. The summed E-state index contributed by atoms with van der Waals surface area (Å²) < 4.78 is 0. The Labute approximate surface area is 127 Å². The number of rotatable bonds is 4. The van der Waals surface area contributed by atoms with Crippen molar-refractivity contribution in [2.45, 2.75) is 58.4 Å². The predicted octanol–water partition coefficient (Wildman–Crippen LogP) is 2.21. The molecule has 0 aromatic rings. The highest BCUT2D eigenvalue weighted by atomic mass is 32.1. The van der Waals surface area contributed by atoms with E-state index in [-0.39, 0.29) is 0 Å². The minimum atomic E-state index is 0.483. The van der Waals surface area contributed by atoms with Crippen molar-refractivity contribution in [3.63, 3.8) is 0 Å². The normalized spacial score (nSPS) is 22.4. The second kappa shape index (κ2) is 9.31. The lowest BCUT2D eigenvalue weighted by Gasteiger charge is -2.30. The third kappa shape index (κ3) is 6.92. The highest BCUT2D eigenvalue weighted by Gasteiger charge is 2.21. The molecule has 0 aromatic carbocycles. The molecule has 0 saturated heterocycles. The van der Waals surface area contributed by atoms with Crippen LogP contribution in [0, 0.1) is 5.92 Å². The van der Waals surface area contributed by atoms with Crippen LogP contribution in [-0.2, 0) is 0 Å². The van der Waals surface area contributed by atoms with Gasteiger partial charge >= 0.3 is 0 Å². The molecule has 0 spiro atoms. The van der Waals surface area contributed by atoms with Gasteiger partial charge in [0.15, 0.2) is 10.2 Å². The molecule has 0 amide bonds. The third-order valence-electron chi connectivity index (χ3n) is 3.53. The average Bonchev–Trinajstić information content (AvgIpc) is 2.39. The molecule has 4 nitrogen and oxygen atoms in total. The van der Waals surface area contributed by atoms with Gasteiger partial charge in [0.2, 0.25) is 0 Å². The predicted molar refractivity (Wildman–Crippen MR) is 88.9 cm³/mol. The van der Waals surface area contributed by atoms with E-state index in [1.807, 2.05) is 0 Å². The smallest absolute Gasteiger partial charge is 0.185 e. The molecule has 4 N–H and O–H groups in total. The molecule has 0 unspecified atom stereocenters. The molecule has 0 aliphatic heterocycles. The molecule has 6 heteroatoms. The van der Waals surface area contributed by atoms with Gasteiger partial charge in [-0.1, -0.05) is 33.1 Å². The van der Waals surface area contributed by atoms with Crippen molar-refractivity contribution in [3.8, 4) is 0 Å². The van der Waals surface area contributed by atoms with Gasteiger partial charge in [0, 0.05) is 12.6 Å². The van der Waals surface area contributed by atoms with Crippen LogP contribution in [0.2, 0.25) is 0 Å². The quantitative estimate of drug-likeness (QED) is 0.363. The summed E-state index contributed by atoms with van der Waals surface area (Å²) in [6.07, 6.45) is 7.37. The van der Waals surface area contributed by atoms with E-state index in [1.165, 1.54) is 25.7 Å². The van der Waals surface area contributed by atoms with Gasteiger partial charge in [-0.25, -0.2) is 0 Å². The van der Waals surface area contributed by atoms with Gasteiger partial charge in [-0.2, -0.15) is 0 Å². The van der Waals surface area contributed by atoms with E-state index < -0.39 is 0 Å². The van der Waals surface area contributed by atoms with Gasteiger partial charge in [-0.3, -0.25) is 10.9 Å². The van der Waals surface area contributed by atoms with E-state index in [0.717, 1.165) is 19.4 Å². The number of hydrogen-bond acceptors (Lipinski definition) is 2. The molecule has 110 valence electrons. The number of thiocarbonyl (C=S) groups is 2. The number of unbranched alkanes of at least 4 members (excludes halogenated alkanes) is 1. The highest BCUT2D eigenvalue weighted by molar-refractivity contribution is 7.80. The van der Waals surface area contributed by atoms with Crippen LogP contribution >= 0.6 is 24.4 Å². The molecule has 0 bridgehead atoms. The van der Waals surface area contributed by atoms with E-state index in [4.69, 9.17) is 24.4 Å². The van der Waals surface area contributed by atoms with E-state index in [0.29, 0.717) is 22.2 Å². The zero-order chi connectivity index (χ0) is 14.1. The third-order valence-corrected chi connectivity index (χ3v) is 4.00. The number of hydrazine groups is 1. The monoisotopic (exact) mass is 302 g/mol. The number of hydrogen-bond donors (Lipinski definition) is 4. The van der Waals surface area contributed by atoms with Gasteiger partial charge in [-0.05, 0) is 49.6 Å². The van der Waals surface area contributed by atoms with Crippen LogP contribution in [0.25, 0.3) is 0 Å². The van der Waals surface area contributed by atoms with Crippen molar-refractivity contribution < 1.29 is 0 Å². The molecule has 1 aliphatic rings. The molecule has 1 saturated carbocycles. The summed E-state index contributed by atoms with van der Waals surface area (Å²) in [5.74, 6) is 0.683. The fourth-order valence-corrected chi connectivity index (χ4v) is 2.63. The van der Waals surface area contributed by atoms with Crippen molar-refractivity contribution in [2.75, 3.05) is 6.54 Å². The summed E-state index contributed by atoms with van der Waals surface area (Å²) >= 11 is 10.4. The van der Waals surface area contributed by atoms with Crippen molar-refractivity contribution in [1.29, 1.82) is 0 Å². The highest BCUT2D eigenvalue weighted by Crippen LogP contribution is 2.23. The first kappa shape index (κ1) is 16.4. The van der Waals surface area contributed by atoms with E-state index >= 15 is 0 Å². The molecule has 0 radical (unpaired) electrons. The maximum absolute atomic E-state index is 5.27. The second-order valence-corrected chi connectivity index (χ2v) is 6.02. The standard InChI is InChI=1S/C13H26N4S2/c1-3-4-9-14-12(18)16-17-13(19)15-11-8-6-5-7-10(11)2/h10-11H,3-9H2,1-2H3,(H2,14,16,18)(H2,15,17,19)/t10-,11-/m1/s1. The zero-order valence-electron chi connectivity index (χ0n) is 11.9. The van der Waals surface area contributed by atoms with Crippen molar-refractivity contribution >= 4 is 34.7 Å². The summed E-state index contributed by atoms with van der Waals surface area (Å²) in [6.45, 7) is 5.33. The lowest BCUT2D eigenvalue weighted by molar-refractivity contribution is 0.308. The number of nitrogens with one attached hydrogen (secondary N) is 4. The first-order valence-corrected chi connectivity index (χ1v) is 8.05. The van der Waals surface area contributed by atoms with Gasteiger partial charge < -0.3 is 10.6 Å². The first-order chi connectivity index (χ1) is 9.13. The summed E-state index contributed by atoms with van der Waals surface area (Å²) in [7, 11) is 0. The summed E-state index contributed by atoms with van der Waals surface area (Å²) in [4.78, 5) is 0. The Bertz CT molecular complexity index is 296. The van der Waals surface area contributed by atoms with Crippen molar-refractivity contribution in [2.24, 2.45) is 5.92 Å². The Morgan fingerprint density at radius 3 is 2.47 bits per heavy atom. The Morgan fingerprint density at radius 2 is 1.79 bits per heavy atom. The summed E-state index contributed by atoms with van der Waals surface area (Å²) in [5, 5.41) is 7.70. The zero-order valence-corrected chi connectivity index (χ0v) is 13.6. The lowest BCUT2D eigenvalue weighted by atomic mass is 9.86. The van der Waals surface area contributed by atoms with E-state index in [9.17, 15) is 0 Å². The van der Waals surface area contributed by atoms with Gasteiger partial charge in [0.05, 0.1) is 0 Å². The van der Waals surface area contributed by atoms with Crippen molar-refractivity contribution in [3.05, 3.63) is 0 Å². The Hall–Kier alpha value is -0.620. The van der Waals surface area contributed by atoms with Gasteiger partial charge in [-0.15, -0.1) is 0 Å².